The summed E-state index contributed by atoms with van der Waals surface area (Å²) in [4.78, 5) is 25.2. The van der Waals surface area contributed by atoms with Gasteiger partial charge < -0.3 is 4.42 Å². The van der Waals surface area contributed by atoms with E-state index in [2.05, 4.69) is 15.0 Å². The van der Waals surface area contributed by atoms with Crippen molar-refractivity contribution in [3.8, 4) is 0 Å². The van der Waals surface area contributed by atoms with E-state index in [4.69, 9.17) is 4.42 Å². The molecule has 1 N–H and O–H groups in total. The van der Waals surface area contributed by atoms with Crippen LogP contribution in [0.4, 0.5) is 0 Å². The van der Waals surface area contributed by atoms with E-state index in [0.717, 1.165) is 17.4 Å². The average Bonchev–Trinajstić information content (AvgIpc) is 2.96. The van der Waals surface area contributed by atoms with Crippen LogP contribution in [-0.4, -0.2) is 41.1 Å². The molecular formula is C16H16N4O4S. The van der Waals surface area contributed by atoms with Gasteiger partial charge >= 0.3 is 0 Å². The molecule has 1 aromatic carbocycles. The van der Waals surface area contributed by atoms with Crippen molar-refractivity contribution in [2.45, 2.75) is 24.7 Å². The number of hydrogen-bond acceptors (Lipinski definition) is 7. The third-order valence-corrected chi connectivity index (χ3v) is 5.07. The van der Waals surface area contributed by atoms with Gasteiger partial charge in [-0.1, -0.05) is 12.1 Å². The fourth-order valence-electron chi connectivity index (χ4n) is 2.95. The molecule has 2 aromatic heterocycles. The van der Waals surface area contributed by atoms with E-state index in [1.54, 1.807) is 0 Å². The summed E-state index contributed by atoms with van der Waals surface area (Å²) >= 11 is 0. The Balaban J connectivity index is 1.59. The van der Waals surface area contributed by atoms with Gasteiger partial charge in [-0.15, -0.1) is 0 Å². The smallest absolute Gasteiger partial charge is 0.256 e. The minimum Gasteiger partial charge on any atom is -0.439 e. The highest BCUT2D eigenvalue weighted by Crippen LogP contribution is 2.20. The van der Waals surface area contributed by atoms with Crippen LogP contribution >= 0.6 is 0 Å². The molecule has 1 aliphatic heterocycles. The van der Waals surface area contributed by atoms with Crippen LogP contribution in [0.15, 0.2) is 38.6 Å². The van der Waals surface area contributed by atoms with Gasteiger partial charge in [0.05, 0.1) is 17.8 Å². The fourth-order valence-corrected chi connectivity index (χ4v) is 3.50. The summed E-state index contributed by atoms with van der Waals surface area (Å²) in [6.45, 7) is 1.49. The maximum Gasteiger partial charge on any atom is 0.256 e. The van der Waals surface area contributed by atoms with Gasteiger partial charge in [0, 0.05) is 25.8 Å². The Hall–Kier alpha value is -2.52. The van der Waals surface area contributed by atoms with Gasteiger partial charge in [0.2, 0.25) is 20.9 Å². The quantitative estimate of drug-likeness (QED) is 0.690. The van der Waals surface area contributed by atoms with Gasteiger partial charge in [-0.25, -0.2) is 18.4 Å². The summed E-state index contributed by atoms with van der Waals surface area (Å²) in [7, 11) is -3.54. The van der Waals surface area contributed by atoms with E-state index in [-0.39, 0.29) is 5.16 Å². The second-order valence-corrected chi connectivity index (χ2v) is 8.04. The Kier molecular flexibility index (Phi) is 3.69. The summed E-state index contributed by atoms with van der Waals surface area (Å²) in [5.74, 6) is 0.585. The minimum absolute atomic E-state index is 0.274. The van der Waals surface area contributed by atoms with E-state index >= 15 is 0 Å². The number of benzene rings is 1. The molecule has 0 unspecified atom stereocenters. The molecule has 0 amide bonds. The molecule has 9 heteroatoms. The molecule has 0 aliphatic carbocycles. The van der Waals surface area contributed by atoms with Crippen LogP contribution in [0.5, 0.6) is 0 Å². The number of nitrogens with one attached hydrogen (secondary N) is 1. The predicted octanol–water partition coefficient (Wildman–Crippen LogP) is 0.873. The topological polar surface area (TPSA) is 109 Å². The van der Waals surface area contributed by atoms with Crippen molar-refractivity contribution in [2.75, 3.05) is 12.8 Å². The summed E-state index contributed by atoms with van der Waals surface area (Å²) in [5.41, 5.74) is 2.15. The third-order valence-electron chi connectivity index (χ3n) is 4.17. The van der Waals surface area contributed by atoms with Gasteiger partial charge in [-0.2, -0.15) is 0 Å². The molecule has 4 rings (SSSR count). The highest BCUT2D eigenvalue weighted by Gasteiger charge is 2.24. The molecule has 25 heavy (non-hydrogen) atoms. The molecule has 130 valence electrons. The highest BCUT2D eigenvalue weighted by molar-refractivity contribution is 7.90. The molecule has 0 fully saturated rings. The summed E-state index contributed by atoms with van der Waals surface area (Å²) in [6.07, 6.45) is 1.53. The number of sulfone groups is 1. The van der Waals surface area contributed by atoms with Crippen molar-refractivity contribution in [3.05, 3.63) is 51.8 Å². The average molecular weight is 360 g/mol. The SMILES string of the molecule is CS(=O)(=O)c1nc2c(c(=O)[nH]1)CN(Cc1nc3ccccc3o1)CC2. The Morgan fingerprint density at radius 3 is 2.84 bits per heavy atom. The summed E-state index contributed by atoms with van der Waals surface area (Å²) in [5, 5.41) is -0.274. The van der Waals surface area contributed by atoms with Crippen molar-refractivity contribution in [1.29, 1.82) is 0 Å². The fraction of sp³-hybridized carbons (Fsp3) is 0.312. The van der Waals surface area contributed by atoms with Crippen molar-refractivity contribution >= 4 is 20.9 Å². The number of oxazole rings is 1. The number of aromatic amines is 1. The first-order valence-electron chi connectivity index (χ1n) is 7.79. The highest BCUT2D eigenvalue weighted by atomic mass is 32.2. The molecule has 0 radical (unpaired) electrons. The first-order chi connectivity index (χ1) is 11.9. The van der Waals surface area contributed by atoms with Crippen LogP contribution in [0.2, 0.25) is 0 Å². The van der Waals surface area contributed by atoms with Gasteiger partial charge in [0.1, 0.15) is 5.52 Å². The van der Waals surface area contributed by atoms with E-state index in [0.29, 0.717) is 43.2 Å². The van der Waals surface area contributed by atoms with Crippen molar-refractivity contribution in [3.63, 3.8) is 0 Å². The van der Waals surface area contributed by atoms with E-state index in [1.807, 2.05) is 29.2 Å². The zero-order valence-corrected chi connectivity index (χ0v) is 14.3. The number of aromatic nitrogens is 3. The van der Waals surface area contributed by atoms with Crippen LogP contribution in [0.3, 0.4) is 0 Å². The van der Waals surface area contributed by atoms with E-state index in [9.17, 15) is 13.2 Å². The maximum absolute atomic E-state index is 12.2. The lowest BCUT2D eigenvalue weighted by atomic mass is 10.1. The Bertz CT molecular complexity index is 1080. The Labute approximate surface area is 143 Å². The minimum atomic E-state index is -3.54. The lowest BCUT2D eigenvalue weighted by Crippen LogP contribution is -2.36. The summed E-state index contributed by atoms with van der Waals surface area (Å²) < 4.78 is 28.9. The number of para-hydroxylation sites is 2. The van der Waals surface area contributed by atoms with Crippen LogP contribution in [0.25, 0.3) is 11.1 Å². The molecule has 0 saturated carbocycles. The van der Waals surface area contributed by atoms with Gasteiger partial charge in [0.15, 0.2) is 5.58 Å². The van der Waals surface area contributed by atoms with E-state index < -0.39 is 15.4 Å². The zero-order valence-electron chi connectivity index (χ0n) is 13.5. The van der Waals surface area contributed by atoms with Crippen LogP contribution < -0.4 is 5.56 Å². The Morgan fingerprint density at radius 2 is 2.08 bits per heavy atom. The van der Waals surface area contributed by atoms with Gasteiger partial charge in [0.25, 0.3) is 5.56 Å². The van der Waals surface area contributed by atoms with Gasteiger partial charge in [-0.3, -0.25) is 14.7 Å². The first kappa shape index (κ1) is 16.0. The lowest BCUT2D eigenvalue weighted by Gasteiger charge is -2.26. The molecule has 3 heterocycles. The molecule has 1 aliphatic rings. The molecule has 0 spiro atoms. The lowest BCUT2D eigenvalue weighted by molar-refractivity contribution is 0.219. The number of fused-ring (bicyclic) bond motifs is 2. The Morgan fingerprint density at radius 1 is 1.28 bits per heavy atom. The second kappa shape index (κ2) is 5.78. The first-order valence-corrected chi connectivity index (χ1v) is 9.68. The predicted molar refractivity (Wildman–Crippen MR) is 89.8 cm³/mol. The number of nitrogens with zero attached hydrogens (tertiary/aromatic N) is 3. The molecule has 0 atom stereocenters. The maximum atomic E-state index is 12.2. The van der Waals surface area contributed by atoms with Crippen LogP contribution in [0, 0.1) is 0 Å². The van der Waals surface area contributed by atoms with Crippen LogP contribution in [-0.2, 0) is 29.3 Å². The monoisotopic (exact) mass is 360 g/mol. The third kappa shape index (κ3) is 3.08. The standard InChI is InChI=1S/C16H16N4O4S/c1-25(22,23)16-18-11-6-7-20(8-10(11)15(21)19-16)9-14-17-12-4-2-3-5-13(12)24-14/h2-5H,6-9H2,1H3,(H,18,19,21). The zero-order chi connectivity index (χ0) is 17.6. The van der Waals surface area contributed by atoms with Crippen molar-refractivity contribution < 1.29 is 12.8 Å². The number of rotatable bonds is 3. The summed E-state index contributed by atoms with van der Waals surface area (Å²) in [6, 6.07) is 7.53. The molecular weight excluding hydrogens is 344 g/mol. The van der Waals surface area contributed by atoms with E-state index in [1.165, 1.54) is 0 Å². The van der Waals surface area contributed by atoms with Crippen LogP contribution in [0.1, 0.15) is 17.1 Å². The number of hydrogen-bond donors (Lipinski definition) is 1. The largest absolute Gasteiger partial charge is 0.439 e. The second-order valence-electron chi connectivity index (χ2n) is 6.10. The molecule has 8 nitrogen and oxygen atoms in total. The van der Waals surface area contributed by atoms with Gasteiger partial charge in [-0.05, 0) is 12.1 Å². The molecule has 0 saturated heterocycles. The van der Waals surface area contributed by atoms with Crippen molar-refractivity contribution in [2.24, 2.45) is 0 Å². The molecule has 0 bridgehead atoms. The van der Waals surface area contributed by atoms with Crippen molar-refractivity contribution in [1.82, 2.24) is 19.9 Å². The molecule has 3 aromatic rings. The normalized spacial score (nSPS) is 15.4. The number of H-pyrrole nitrogens is 1.